The van der Waals surface area contributed by atoms with Crippen LogP contribution in [0.15, 0.2) is 47.0 Å². The van der Waals surface area contributed by atoms with Crippen LogP contribution in [-0.2, 0) is 11.2 Å². The lowest BCUT2D eigenvalue weighted by Gasteiger charge is -2.07. The number of hydrogen-bond donors (Lipinski definition) is 2. The van der Waals surface area contributed by atoms with Gasteiger partial charge in [0.05, 0.1) is 17.8 Å². The maximum Gasteiger partial charge on any atom is 0.230 e. The molecular formula is C15H12FN3O2. The lowest BCUT2D eigenvalue weighted by molar-refractivity contribution is -0.115. The Kier molecular flexibility index (Phi) is 3.27. The van der Waals surface area contributed by atoms with E-state index in [0.29, 0.717) is 17.0 Å². The molecule has 0 aliphatic carbocycles. The van der Waals surface area contributed by atoms with E-state index < -0.39 is 5.82 Å². The highest BCUT2D eigenvalue weighted by Crippen LogP contribution is 2.21. The molecule has 3 aromatic rings. The van der Waals surface area contributed by atoms with E-state index >= 15 is 0 Å². The van der Waals surface area contributed by atoms with Gasteiger partial charge in [0.1, 0.15) is 11.5 Å². The van der Waals surface area contributed by atoms with E-state index in [1.165, 1.54) is 12.1 Å². The largest absolute Gasteiger partial charge is 0.397 e. The van der Waals surface area contributed by atoms with Crippen molar-refractivity contribution in [2.24, 2.45) is 0 Å². The summed E-state index contributed by atoms with van der Waals surface area (Å²) < 4.78 is 18.1. The average molecular weight is 285 g/mol. The molecule has 1 aromatic heterocycles. The summed E-state index contributed by atoms with van der Waals surface area (Å²) in [6, 6.07) is 11.1. The summed E-state index contributed by atoms with van der Waals surface area (Å²) in [5.74, 6) is -0.750. The van der Waals surface area contributed by atoms with Crippen LogP contribution in [0.2, 0.25) is 0 Å². The molecule has 0 radical (unpaired) electrons. The topological polar surface area (TPSA) is 81.1 Å². The molecule has 0 aliphatic heterocycles. The van der Waals surface area contributed by atoms with Gasteiger partial charge in [-0.2, -0.15) is 0 Å². The number of nitrogens with zero attached hydrogens (tertiary/aromatic N) is 1. The Labute approximate surface area is 119 Å². The maximum absolute atomic E-state index is 12.9. The zero-order chi connectivity index (χ0) is 14.8. The molecule has 3 N–H and O–H groups in total. The number of amides is 1. The molecule has 0 spiro atoms. The van der Waals surface area contributed by atoms with Crippen molar-refractivity contribution in [3.63, 3.8) is 0 Å². The molecule has 1 heterocycles. The van der Waals surface area contributed by atoms with Crippen LogP contribution < -0.4 is 11.1 Å². The van der Waals surface area contributed by atoms with Gasteiger partial charge in [0.2, 0.25) is 5.91 Å². The van der Waals surface area contributed by atoms with Gasteiger partial charge < -0.3 is 15.6 Å². The zero-order valence-corrected chi connectivity index (χ0v) is 11.0. The number of aromatic nitrogens is 1. The minimum Gasteiger partial charge on any atom is -0.397 e. The molecule has 6 heteroatoms. The van der Waals surface area contributed by atoms with Gasteiger partial charge in [0.15, 0.2) is 5.58 Å². The Morgan fingerprint density at radius 2 is 2.10 bits per heavy atom. The van der Waals surface area contributed by atoms with Crippen molar-refractivity contribution in [1.29, 1.82) is 0 Å². The molecule has 21 heavy (non-hydrogen) atoms. The molecule has 0 saturated heterocycles. The Morgan fingerprint density at radius 1 is 1.29 bits per heavy atom. The maximum atomic E-state index is 12.9. The van der Waals surface area contributed by atoms with Crippen LogP contribution in [0.25, 0.3) is 11.0 Å². The van der Waals surface area contributed by atoms with Gasteiger partial charge in [-0.15, -0.1) is 0 Å². The number of nitrogens with one attached hydrogen (secondary N) is 1. The molecule has 2 aromatic carbocycles. The molecule has 0 aliphatic rings. The van der Waals surface area contributed by atoms with Crippen molar-refractivity contribution in [3.05, 3.63) is 54.0 Å². The number of hydrogen-bond acceptors (Lipinski definition) is 4. The number of rotatable bonds is 3. The van der Waals surface area contributed by atoms with E-state index in [1.54, 1.807) is 6.07 Å². The Bertz CT molecular complexity index is 814. The Morgan fingerprint density at radius 3 is 2.90 bits per heavy atom. The van der Waals surface area contributed by atoms with Crippen LogP contribution in [0.5, 0.6) is 0 Å². The summed E-state index contributed by atoms with van der Waals surface area (Å²) in [6.07, 6.45) is 0.0494. The van der Waals surface area contributed by atoms with Crippen molar-refractivity contribution in [3.8, 4) is 0 Å². The van der Waals surface area contributed by atoms with E-state index in [0.717, 1.165) is 11.5 Å². The molecule has 0 unspecified atom stereocenters. The van der Waals surface area contributed by atoms with Crippen molar-refractivity contribution >= 4 is 28.3 Å². The van der Waals surface area contributed by atoms with Gasteiger partial charge >= 0.3 is 0 Å². The lowest BCUT2D eigenvalue weighted by Crippen LogP contribution is -2.15. The third-order valence-electron chi connectivity index (χ3n) is 3.07. The first-order valence-corrected chi connectivity index (χ1v) is 6.31. The minimum atomic E-state index is -0.451. The second-order valence-corrected chi connectivity index (χ2v) is 4.58. The number of halogens is 1. The van der Waals surface area contributed by atoms with E-state index in [-0.39, 0.29) is 18.0 Å². The van der Waals surface area contributed by atoms with Gasteiger partial charge in [0.25, 0.3) is 0 Å². The quantitative estimate of drug-likeness (QED) is 0.725. The smallest absolute Gasteiger partial charge is 0.230 e. The number of carbonyl (C=O) groups is 1. The van der Waals surface area contributed by atoms with Gasteiger partial charge in [-0.1, -0.05) is 17.3 Å². The van der Waals surface area contributed by atoms with Crippen molar-refractivity contribution in [2.45, 2.75) is 6.42 Å². The molecular weight excluding hydrogens is 273 g/mol. The number of nitrogens with two attached hydrogens (primary N) is 1. The Hall–Kier alpha value is -2.89. The van der Waals surface area contributed by atoms with E-state index in [1.807, 2.05) is 18.2 Å². The molecule has 0 saturated carbocycles. The Balaban J connectivity index is 1.77. The highest BCUT2D eigenvalue weighted by atomic mass is 19.1. The second kappa shape index (κ2) is 5.24. The minimum absolute atomic E-state index is 0.0494. The second-order valence-electron chi connectivity index (χ2n) is 4.58. The molecule has 0 atom stereocenters. The van der Waals surface area contributed by atoms with Crippen LogP contribution in [0.1, 0.15) is 5.69 Å². The SMILES string of the molecule is Nc1cc(F)ccc1NC(=O)Cc1noc2ccccc12. The van der Waals surface area contributed by atoms with Gasteiger partial charge in [-0.25, -0.2) is 4.39 Å². The lowest BCUT2D eigenvalue weighted by atomic mass is 10.1. The normalized spacial score (nSPS) is 10.7. The monoisotopic (exact) mass is 285 g/mol. The summed E-state index contributed by atoms with van der Waals surface area (Å²) in [7, 11) is 0. The fraction of sp³-hybridized carbons (Fsp3) is 0.0667. The highest BCUT2D eigenvalue weighted by molar-refractivity contribution is 5.96. The van der Waals surface area contributed by atoms with Gasteiger partial charge in [-0.3, -0.25) is 4.79 Å². The van der Waals surface area contributed by atoms with Crippen LogP contribution in [0, 0.1) is 5.82 Å². The van der Waals surface area contributed by atoms with Gasteiger partial charge in [0, 0.05) is 5.39 Å². The molecule has 106 valence electrons. The van der Waals surface area contributed by atoms with Crippen LogP contribution >= 0.6 is 0 Å². The molecule has 5 nitrogen and oxygen atoms in total. The van der Waals surface area contributed by atoms with Crippen molar-refractivity contribution in [1.82, 2.24) is 5.16 Å². The number of fused-ring (bicyclic) bond motifs is 1. The summed E-state index contributed by atoms with van der Waals surface area (Å²) in [5, 5.41) is 7.31. The standard InChI is InChI=1S/C15H12FN3O2/c16-9-5-6-12(11(17)7-9)18-15(20)8-13-10-3-1-2-4-14(10)21-19-13/h1-7H,8,17H2,(H,18,20). The highest BCUT2D eigenvalue weighted by Gasteiger charge is 2.13. The van der Waals surface area contributed by atoms with Crippen LogP contribution in [-0.4, -0.2) is 11.1 Å². The summed E-state index contributed by atoms with van der Waals surface area (Å²) in [5.41, 5.74) is 7.36. The van der Waals surface area contributed by atoms with Crippen molar-refractivity contribution in [2.75, 3.05) is 11.1 Å². The fourth-order valence-corrected chi connectivity index (χ4v) is 2.06. The van der Waals surface area contributed by atoms with Crippen LogP contribution in [0.3, 0.4) is 0 Å². The molecule has 1 amide bonds. The predicted molar refractivity (Wildman–Crippen MR) is 77.2 cm³/mol. The number of nitrogen functional groups attached to an aromatic ring is 1. The number of carbonyl (C=O) groups excluding carboxylic acids is 1. The van der Waals surface area contributed by atoms with E-state index in [2.05, 4.69) is 10.5 Å². The first-order chi connectivity index (χ1) is 10.1. The number of benzene rings is 2. The van der Waals surface area contributed by atoms with E-state index in [4.69, 9.17) is 10.3 Å². The van der Waals surface area contributed by atoms with Crippen molar-refractivity contribution < 1.29 is 13.7 Å². The number of para-hydroxylation sites is 1. The predicted octanol–water partition coefficient (Wildman–Crippen LogP) is 2.73. The molecule has 0 bridgehead atoms. The zero-order valence-electron chi connectivity index (χ0n) is 11.0. The summed E-state index contributed by atoms with van der Waals surface area (Å²) in [4.78, 5) is 12.0. The molecule has 0 fully saturated rings. The van der Waals surface area contributed by atoms with Gasteiger partial charge in [-0.05, 0) is 30.3 Å². The van der Waals surface area contributed by atoms with Crippen LogP contribution in [0.4, 0.5) is 15.8 Å². The number of anilines is 2. The third-order valence-corrected chi connectivity index (χ3v) is 3.07. The average Bonchev–Trinajstić information content (AvgIpc) is 2.85. The summed E-state index contributed by atoms with van der Waals surface area (Å²) in [6.45, 7) is 0. The molecule has 3 rings (SSSR count). The summed E-state index contributed by atoms with van der Waals surface area (Å²) >= 11 is 0. The van der Waals surface area contributed by atoms with E-state index in [9.17, 15) is 9.18 Å². The third kappa shape index (κ3) is 2.69. The fourth-order valence-electron chi connectivity index (χ4n) is 2.06. The first kappa shape index (κ1) is 13.1. The first-order valence-electron chi connectivity index (χ1n) is 6.31.